The van der Waals surface area contributed by atoms with Crippen LogP contribution in [0.25, 0.3) is 0 Å². The van der Waals surface area contributed by atoms with Crippen LogP contribution in [0.3, 0.4) is 0 Å². The Hall–Kier alpha value is -2.12. The molecule has 7 nitrogen and oxygen atoms in total. The number of unbranched alkanes of at least 4 members (excludes halogenated alkanes) is 1. The van der Waals surface area contributed by atoms with E-state index in [4.69, 9.17) is 0 Å². The van der Waals surface area contributed by atoms with E-state index >= 15 is 0 Å². The molecule has 178 valence electrons. The van der Waals surface area contributed by atoms with Gasteiger partial charge in [0.2, 0.25) is 5.91 Å². The van der Waals surface area contributed by atoms with E-state index in [0.29, 0.717) is 12.3 Å². The highest BCUT2D eigenvalue weighted by atomic mass is 16.1. The number of carbonyl (C=O) groups is 1. The van der Waals surface area contributed by atoms with Crippen molar-refractivity contribution in [3.8, 4) is 0 Å². The summed E-state index contributed by atoms with van der Waals surface area (Å²) in [7, 11) is 3.59. The Morgan fingerprint density at radius 1 is 1.00 bits per heavy atom. The second-order valence-electron chi connectivity index (χ2n) is 9.09. The highest BCUT2D eigenvalue weighted by molar-refractivity contribution is 5.80. The number of benzene rings is 1. The number of rotatable bonds is 9. The zero-order valence-corrected chi connectivity index (χ0v) is 20.1. The number of aliphatic imine (C=N–C) groups is 1. The molecule has 2 heterocycles. The Labute approximate surface area is 194 Å². The molecule has 0 spiro atoms. The summed E-state index contributed by atoms with van der Waals surface area (Å²) in [5, 5.41) is 6.29. The molecule has 32 heavy (non-hydrogen) atoms. The fourth-order valence-electron chi connectivity index (χ4n) is 4.72. The monoisotopic (exact) mass is 442 g/mol. The van der Waals surface area contributed by atoms with E-state index in [-0.39, 0.29) is 5.91 Å². The molecule has 0 aromatic heterocycles. The number of carbonyl (C=O) groups excluding carboxylic acids is 1. The second kappa shape index (κ2) is 13.4. The Morgan fingerprint density at radius 3 is 2.34 bits per heavy atom. The van der Waals surface area contributed by atoms with Crippen molar-refractivity contribution >= 4 is 11.9 Å². The van der Waals surface area contributed by atoms with E-state index < -0.39 is 0 Å². The molecule has 2 fully saturated rings. The summed E-state index contributed by atoms with van der Waals surface area (Å²) in [6.07, 6.45) is 5.15. The van der Waals surface area contributed by atoms with E-state index in [1.54, 1.807) is 7.05 Å². The third-order valence-corrected chi connectivity index (χ3v) is 6.78. The van der Waals surface area contributed by atoms with Crippen LogP contribution in [0.15, 0.2) is 35.3 Å². The number of piperidine rings is 1. The average Bonchev–Trinajstić information content (AvgIpc) is 2.83. The van der Waals surface area contributed by atoms with Crippen molar-refractivity contribution in [3.63, 3.8) is 0 Å². The zero-order valence-electron chi connectivity index (χ0n) is 20.1. The van der Waals surface area contributed by atoms with Gasteiger partial charge in [-0.05, 0) is 43.7 Å². The topological polar surface area (TPSA) is 63.2 Å². The fourth-order valence-corrected chi connectivity index (χ4v) is 4.72. The summed E-state index contributed by atoms with van der Waals surface area (Å²) >= 11 is 0. The second-order valence-corrected chi connectivity index (χ2v) is 9.09. The molecule has 0 atom stereocenters. The van der Waals surface area contributed by atoms with Gasteiger partial charge >= 0.3 is 0 Å². The van der Waals surface area contributed by atoms with Crippen LogP contribution in [0.1, 0.15) is 37.7 Å². The Kier molecular flexibility index (Phi) is 10.3. The standard InChI is InChI=1S/C25H42N6O/c1-26-24(32)20-22-10-14-31(15-11-22)25(27-2)28-12-6-7-13-29-16-18-30(19-17-29)21-23-8-4-3-5-9-23/h3-5,8-9,22H,6-7,10-21H2,1-2H3,(H,26,32)(H,27,28). The van der Waals surface area contributed by atoms with Gasteiger partial charge in [0.15, 0.2) is 5.96 Å². The summed E-state index contributed by atoms with van der Waals surface area (Å²) in [5.41, 5.74) is 1.41. The first kappa shape index (κ1) is 24.5. The highest BCUT2D eigenvalue weighted by Crippen LogP contribution is 2.20. The lowest BCUT2D eigenvalue weighted by atomic mass is 9.93. The molecule has 2 saturated heterocycles. The van der Waals surface area contributed by atoms with Gasteiger partial charge in [0.05, 0.1) is 0 Å². The van der Waals surface area contributed by atoms with Crippen LogP contribution in [-0.4, -0.2) is 93.0 Å². The molecule has 3 rings (SSSR count). The summed E-state index contributed by atoms with van der Waals surface area (Å²) in [6.45, 7) is 9.86. The first-order valence-electron chi connectivity index (χ1n) is 12.3. The largest absolute Gasteiger partial charge is 0.359 e. The van der Waals surface area contributed by atoms with Crippen LogP contribution in [0, 0.1) is 5.92 Å². The van der Waals surface area contributed by atoms with Gasteiger partial charge in [0.25, 0.3) is 0 Å². The Morgan fingerprint density at radius 2 is 1.69 bits per heavy atom. The third-order valence-electron chi connectivity index (χ3n) is 6.78. The van der Waals surface area contributed by atoms with Crippen molar-refractivity contribution < 1.29 is 4.79 Å². The molecule has 0 aliphatic carbocycles. The number of guanidine groups is 1. The predicted molar refractivity (Wildman–Crippen MR) is 132 cm³/mol. The van der Waals surface area contributed by atoms with Crippen LogP contribution in [0.4, 0.5) is 0 Å². The van der Waals surface area contributed by atoms with E-state index in [1.165, 1.54) is 31.6 Å². The maximum atomic E-state index is 11.6. The molecule has 0 unspecified atom stereocenters. The number of amides is 1. The summed E-state index contributed by atoms with van der Waals surface area (Å²) in [4.78, 5) is 23.6. The fraction of sp³-hybridized carbons (Fsp3) is 0.680. The van der Waals surface area contributed by atoms with Crippen molar-refractivity contribution in [2.24, 2.45) is 10.9 Å². The van der Waals surface area contributed by atoms with Crippen LogP contribution >= 0.6 is 0 Å². The summed E-state index contributed by atoms with van der Waals surface area (Å²) in [6, 6.07) is 10.8. The molecule has 2 aliphatic rings. The Bertz CT molecular complexity index is 694. The average molecular weight is 443 g/mol. The quantitative estimate of drug-likeness (QED) is 0.348. The maximum Gasteiger partial charge on any atom is 0.220 e. The minimum Gasteiger partial charge on any atom is -0.359 e. The van der Waals surface area contributed by atoms with E-state index in [0.717, 1.165) is 64.5 Å². The van der Waals surface area contributed by atoms with E-state index in [1.807, 2.05) is 7.05 Å². The molecule has 1 amide bonds. The number of nitrogens with zero attached hydrogens (tertiary/aromatic N) is 4. The van der Waals surface area contributed by atoms with Crippen molar-refractivity contribution in [2.75, 3.05) is 66.5 Å². The van der Waals surface area contributed by atoms with Crippen molar-refractivity contribution in [1.29, 1.82) is 0 Å². The van der Waals surface area contributed by atoms with Gasteiger partial charge in [-0.15, -0.1) is 0 Å². The van der Waals surface area contributed by atoms with Crippen LogP contribution in [0.5, 0.6) is 0 Å². The molecule has 0 bridgehead atoms. The summed E-state index contributed by atoms with van der Waals surface area (Å²) < 4.78 is 0. The lowest BCUT2D eigenvalue weighted by Crippen LogP contribution is -2.47. The molecule has 1 aromatic carbocycles. The molecular weight excluding hydrogens is 400 g/mol. The number of nitrogens with one attached hydrogen (secondary N) is 2. The first-order valence-corrected chi connectivity index (χ1v) is 12.3. The van der Waals surface area contributed by atoms with Gasteiger partial charge in [-0.3, -0.25) is 14.7 Å². The molecule has 0 radical (unpaired) electrons. The number of piperazine rings is 1. The smallest absolute Gasteiger partial charge is 0.220 e. The first-order chi connectivity index (χ1) is 15.7. The maximum absolute atomic E-state index is 11.6. The lowest BCUT2D eigenvalue weighted by molar-refractivity contribution is -0.121. The lowest BCUT2D eigenvalue weighted by Gasteiger charge is -2.35. The van der Waals surface area contributed by atoms with E-state index in [9.17, 15) is 4.79 Å². The zero-order chi connectivity index (χ0) is 22.6. The third kappa shape index (κ3) is 8.10. The highest BCUT2D eigenvalue weighted by Gasteiger charge is 2.23. The van der Waals surface area contributed by atoms with Crippen LogP contribution in [-0.2, 0) is 11.3 Å². The minimum absolute atomic E-state index is 0.156. The van der Waals surface area contributed by atoms with Gasteiger partial charge in [-0.1, -0.05) is 30.3 Å². The molecular formula is C25H42N6O. The molecule has 0 saturated carbocycles. The number of hydrogen-bond donors (Lipinski definition) is 2. The van der Waals surface area contributed by atoms with Gasteiger partial charge < -0.3 is 20.4 Å². The number of hydrogen-bond acceptors (Lipinski definition) is 4. The SMILES string of the molecule is CN=C(NCCCCN1CCN(Cc2ccccc2)CC1)N1CCC(CC(=O)NC)CC1. The van der Waals surface area contributed by atoms with Gasteiger partial charge in [0, 0.05) is 72.9 Å². The van der Waals surface area contributed by atoms with Crippen molar-refractivity contribution in [2.45, 2.75) is 38.6 Å². The summed E-state index contributed by atoms with van der Waals surface area (Å²) in [5.74, 6) is 1.67. The van der Waals surface area contributed by atoms with Crippen molar-refractivity contribution in [1.82, 2.24) is 25.3 Å². The van der Waals surface area contributed by atoms with Crippen LogP contribution in [0.2, 0.25) is 0 Å². The Balaban J connectivity index is 1.24. The molecule has 7 heteroatoms. The normalized spacial score (nSPS) is 19.2. The molecule has 2 aliphatic heterocycles. The van der Waals surface area contributed by atoms with Gasteiger partial charge in [0.1, 0.15) is 0 Å². The van der Waals surface area contributed by atoms with E-state index in [2.05, 4.69) is 60.7 Å². The van der Waals surface area contributed by atoms with Gasteiger partial charge in [-0.2, -0.15) is 0 Å². The number of likely N-dealkylation sites (tertiary alicyclic amines) is 1. The van der Waals surface area contributed by atoms with Crippen LogP contribution < -0.4 is 10.6 Å². The predicted octanol–water partition coefficient (Wildman–Crippen LogP) is 2.01. The van der Waals surface area contributed by atoms with Gasteiger partial charge in [-0.25, -0.2) is 0 Å². The minimum atomic E-state index is 0.156. The molecule has 1 aromatic rings. The molecule has 2 N–H and O–H groups in total. The van der Waals surface area contributed by atoms with Crippen molar-refractivity contribution in [3.05, 3.63) is 35.9 Å².